The van der Waals surface area contributed by atoms with Crippen LogP contribution in [0, 0.1) is 0 Å². The lowest BCUT2D eigenvalue weighted by molar-refractivity contribution is 1.11. The van der Waals surface area contributed by atoms with Crippen LogP contribution in [0.2, 0.25) is 0 Å². The second kappa shape index (κ2) is 4.10. The molecule has 2 aromatic carbocycles. The molecule has 0 saturated heterocycles. The summed E-state index contributed by atoms with van der Waals surface area (Å²) in [7, 11) is 0. The number of benzene rings is 2. The summed E-state index contributed by atoms with van der Waals surface area (Å²) in [5.74, 6) is 0. The van der Waals surface area contributed by atoms with Crippen LogP contribution in [0.4, 0.5) is 0 Å². The fourth-order valence-corrected chi connectivity index (χ4v) is 3.32. The van der Waals surface area contributed by atoms with Crippen molar-refractivity contribution in [2.24, 2.45) is 0 Å². The first-order valence-electron chi connectivity index (χ1n) is 6.98. The van der Waals surface area contributed by atoms with Gasteiger partial charge < -0.3 is 4.40 Å². The molecule has 1 heteroatoms. The average molecular weight is 269 g/mol. The lowest BCUT2D eigenvalue weighted by Crippen LogP contribution is -2.30. The van der Waals surface area contributed by atoms with Crippen LogP contribution in [-0.2, 0) is 0 Å². The molecule has 100 valence electrons. The highest BCUT2D eigenvalue weighted by molar-refractivity contribution is 6.11. The Balaban J connectivity index is 2.55. The van der Waals surface area contributed by atoms with Gasteiger partial charge in [-0.1, -0.05) is 74.4 Å². The van der Waals surface area contributed by atoms with Crippen molar-refractivity contribution >= 4 is 46.3 Å². The van der Waals surface area contributed by atoms with E-state index in [1.807, 2.05) is 12.2 Å². The van der Waals surface area contributed by atoms with Crippen molar-refractivity contribution in [1.29, 1.82) is 0 Å². The quantitative estimate of drug-likeness (QED) is 0.468. The maximum atomic E-state index is 4.30. The smallest absolute Gasteiger partial charge is 0.0619 e. The summed E-state index contributed by atoms with van der Waals surface area (Å²) in [5.41, 5.74) is 1.19. The van der Waals surface area contributed by atoms with Crippen molar-refractivity contribution in [3.63, 3.8) is 0 Å². The van der Waals surface area contributed by atoms with Gasteiger partial charge in [-0.05, 0) is 5.39 Å². The van der Waals surface area contributed by atoms with E-state index < -0.39 is 0 Å². The van der Waals surface area contributed by atoms with Crippen LogP contribution in [0.1, 0.15) is 0 Å². The fraction of sp³-hybridized carbons (Fsp3) is 0. The molecule has 0 unspecified atom stereocenters. The number of rotatable bonds is 1. The van der Waals surface area contributed by atoms with E-state index in [1.165, 1.54) is 27.1 Å². The fourth-order valence-electron chi connectivity index (χ4n) is 3.32. The third-order valence-electron chi connectivity index (χ3n) is 4.21. The topological polar surface area (TPSA) is 4.41 Å². The first-order valence-corrected chi connectivity index (χ1v) is 6.98. The van der Waals surface area contributed by atoms with Crippen LogP contribution in [0.25, 0.3) is 46.3 Å². The van der Waals surface area contributed by atoms with Gasteiger partial charge in [0, 0.05) is 32.1 Å². The molecular weight excluding hydrogens is 254 g/mol. The van der Waals surface area contributed by atoms with Gasteiger partial charge in [0.25, 0.3) is 0 Å². The molecule has 4 aromatic rings. The van der Waals surface area contributed by atoms with Gasteiger partial charge in [-0.15, -0.1) is 0 Å². The Morgan fingerprint density at radius 3 is 2.19 bits per heavy atom. The molecule has 2 aromatic heterocycles. The summed E-state index contributed by atoms with van der Waals surface area (Å²) in [5, 5.41) is 7.93. The van der Waals surface area contributed by atoms with Crippen molar-refractivity contribution < 1.29 is 0 Å². The second-order valence-corrected chi connectivity index (χ2v) is 5.29. The molecule has 0 spiro atoms. The van der Waals surface area contributed by atoms with Gasteiger partial charge in [-0.3, -0.25) is 0 Å². The number of para-hydroxylation sites is 1. The van der Waals surface area contributed by atoms with Crippen molar-refractivity contribution in [3.05, 3.63) is 71.0 Å². The number of hydrogen-bond donors (Lipinski definition) is 0. The Hall–Kier alpha value is -2.80. The first kappa shape index (κ1) is 12.0. The Labute approximate surface area is 122 Å². The minimum absolute atomic E-state index is 0.969. The SMILES string of the molecule is C=C/C=c1\c(=C)n2c(=C)c3ccccc3c3cccc1c32. The van der Waals surface area contributed by atoms with Gasteiger partial charge in [0.15, 0.2) is 0 Å². The van der Waals surface area contributed by atoms with Crippen molar-refractivity contribution in [2.45, 2.75) is 0 Å². The Morgan fingerprint density at radius 1 is 0.762 bits per heavy atom. The van der Waals surface area contributed by atoms with Crippen LogP contribution in [-0.4, -0.2) is 4.40 Å². The molecule has 0 aliphatic rings. The number of hydrogen-bond acceptors (Lipinski definition) is 0. The number of fused-ring (bicyclic) bond motifs is 2. The molecule has 4 rings (SSSR count). The molecule has 0 aliphatic carbocycles. The minimum atomic E-state index is 0.969. The van der Waals surface area contributed by atoms with Crippen molar-refractivity contribution in [2.75, 3.05) is 0 Å². The van der Waals surface area contributed by atoms with Crippen LogP contribution in [0.5, 0.6) is 0 Å². The summed E-state index contributed by atoms with van der Waals surface area (Å²) >= 11 is 0. The summed E-state index contributed by atoms with van der Waals surface area (Å²) in [4.78, 5) is 0. The lowest BCUT2D eigenvalue weighted by Gasteiger charge is -2.07. The van der Waals surface area contributed by atoms with E-state index in [2.05, 4.69) is 66.6 Å². The van der Waals surface area contributed by atoms with Gasteiger partial charge in [0.2, 0.25) is 0 Å². The summed E-state index contributed by atoms with van der Waals surface area (Å²) in [6.07, 6.45) is 3.84. The Bertz CT molecular complexity index is 1180. The van der Waals surface area contributed by atoms with Crippen LogP contribution >= 0.6 is 0 Å². The van der Waals surface area contributed by atoms with Crippen LogP contribution < -0.4 is 15.9 Å². The highest BCUT2D eigenvalue weighted by Gasteiger charge is 2.11. The molecule has 1 nitrogen and oxygen atoms in total. The van der Waals surface area contributed by atoms with Gasteiger partial charge in [-0.2, -0.15) is 0 Å². The Kier molecular flexibility index (Phi) is 2.34. The minimum Gasteiger partial charge on any atom is -0.309 e. The third-order valence-corrected chi connectivity index (χ3v) is 4.21. The van der Waals surface area contributed by atoms with E-state index in [-0.39, 0.29) is 0 Å². The number of allylic oxidation sites excluding steroid dienone is 1. The van der Waals surface area contributed by atoms with E-state index in [1.54, 1.807) is 0 Å². The van der Waals surface area contributed by atoms with Gasteiger partial charge in [0.1, 0.15) is 0 Å². The molecule has 0 saturated carbocycles. The molecule has 0 bridgehead atoms. The second-order valence-electron chi connectivity index (χ2n) is 5.29. The maximum Gasteiger partial charge on any atom is 0.0619 e. The predicted molar refractivity (Wildman–Crippen MR) is 92.6 cm³/mol. The molecular formula is C20H15N. The largest absolute Gasteiger partial charge is 0.309 e. The predicted octanol–water partition coefficient (Wildman–Crippen LogP) is 2.75. The highest BCUT2D eigenvalue weighted by Crippen LogP contribution is 2.24. The third kappa shape index (κ3) is 1.40. The molecule has 0 aliphatic heterocycles. The molecule has 0 atom stereocenters. The highest BCUT2D eigenvalue weighted by atomic mass is 14.9. The molecule has 0 N–H and O–H groups in total. The zero-order valence-corrected chi connectivity index (χ0v) is 11.8. The van der Waals surface area contributed by atoms with Gasteiger partial charge in [0.05, 0.1) is 5.52 Å². The summed E-state index contributed by atoms with van der Waals surface area (Å²) < 4.78 is 2.17. The van der Waals surface area contributed by atoms with Crippen LogP contribution in [0.15, 0.2) is 55.1 Å². The first-order chi connectivity index (χ1) is 10.2. The van der Waals surface area contributed by atoms with Crippen LogP contribution in [0.3, 0.4) is 0 Å². The molecule has 21 heavy (non-hydrogen) atoms. The standard InChI is InChI=1S/C20H15N/c1-4-8-15-13(2)21-14(3)16-9-5-6-10-17(16)19-12-7-11-18(15)20(19)21/h4-12H,1-3H2/b15-8+. The van der Waals surface area contributed by atoms with E-state index >= 15 is 0 Å². The Morgan fingerprint density at radius 2 is 1.43 bits per heavy atom. The lowest BCUT2D eigenvalue weighted by atomic mass is 10.0. The molecule has 0 fully saturated rings. The van der Waals surface area contributed by atoms with Gasteiger partial charge in [-0.25, -0.2) is 0 Å². The van der Waals surface area contributed by atoms with Crippen molar-refractivity contribution in [1.82, 2.24) is 4.40 Å². The normalized spacial score (nSPS) is 12.7. The van der Waals surface area contributed by atoms with E-state index in [4.69, 9.17) is 0 Å². The average Bonchev–Trinajstić information content (AvgIpc) is 2.79. The summed E-state index contributed by atoms with van der Waals surface area (Å²) in [6, 6.07) is 14.8. The number of pyridine rings is 1. The van der Waals surface area contributed by atoms with Crippen molar-refractivity contribution in [3.8, 4) is 0 Å². The van der Waals surface area contributed by atoms with Gasteiger partial charge >= 0.3 is 0 Å². The summed E-state index contributed by atoms with van der Waals surface area (Å²) in [6.45, 7) is 12.4. The van der Waals surface area contributed by atoms with E-state index in [0.717, 1.165) is 15.9 Å². The maximum absolute atomic E-state index is 4.30. The zero-order chi connectivity index (χ0) is 14.6. The number of nitrogens with zero attached hydrogens (tertiary/aromatic N) is 1. The zero-order valence-electron chi connectivity index (χ0n) is 11.8. The molecule has 0 radical (unpaired) electrons. The molecule has 0 amide bonds. The molecule has 2 heterocycles. The van der Waals surface area contributed by atoms with E-state index in [9.17, 15) is 0 Å². The monoisotopic (exact) mass is 269 g/mol. The van der Waals surface area contributed by atoms with E-state index in [0.29, 0.717) is 0 Å². The number of aromatic nitrogens is 1.